The minimum Gasteiger partial charge on any atom is -0.491 e. The average Bonchev–Trinajstić information content (AvgIpc) is 2.66. The highest BCUT2D eigenvalue weighted by Gasteiger charge is 2.29. The van der Waals surface area contributed by atoms with E-state index < -0.39 is 19.2 Å². The molecule has 1 aromatic carbocycles. The minimum absolute atomic E-state index is 0.0230. The van der Waals surface area contributed by atoms with Crippen LogP contribution >= 0.6 is 0 Å². The zero-order valence-corrected chi connectivity index (χ0v) is 15.3. The van der Waals surface area contributed by atoms with Crippen LogP contribution in [0.3, 0.4) is 0 Å². The Morgan fingerprint density at radius 1 is 0.885 bits per heavy atom. The number of aliphatic hydroxyl groups excluding tert-OH is 2. The van der Waals surface area contributed by atoms with E-state index in [4.69, 9.17) is 29.2 Å². The van der Waals surface area contributed by atoms with Gasteiger partial charge in [-0.25, -0.2) is 4.79 Å². The summed E-state index contributed by atoms with van der Waals surface area (Å²) in [5, 5.41) is 18.1. The lowest BCUT2D eigenvalue weighted by molar-refractivity contribution is 0.0503. The Labute approximate surface area is 152 Å². The number of aliphatic hydroxyl groups is 2. The second-order valence-electron chi connectivity index (χ2n) is 4.78. The number of hydrogen-bond donors (Lipinski definition) is 2. The van der Waals surface area contributed by atoms with Crippen LogP contribution < -0.4 is 14.2 Å². The maximum atomic E-state index is 12.7. The van der Waals surface area contributed by atoms with Crippen LogP contribution in [0, 0.1) is 23.7 Å². The zero-order valence-electron chi connectivity index (χ0n) is 15.3. The largest absolute Gasteiger partial charge is 0.491 e. The SMILES string of the molecule is CCCOC(=O)c1c(C#CCO)c(OC)c(OC)c(OC)c1C#CCO. The third-order valence-electron chi connectivity index (χ3n) is 3.21. The summed E-state index contributed by atoms with van der Waals surface area (Å²) in [5.74, 6) is 10.2. The quantitative estimate of drug-likeness (QED) is 0.575. The van der Waals surface area contributed by atoms with Gasteiger partial charge in [-0.1, -0.05) is 30.6 Å². The highest BCUT2D eigenvalue weighted by atomic mass is 16.5. The Kier molecular flexibility index (Phi) is 8.86. The van der Waals surface area contributed by atoms with Gasteiger partial charge in [-0.2, -0.15) is 0 Å². The molecule has 1 rings (SSSR count). The molecule has 0 saturated carbocycles. The second kappa shape index (κ2) is 10.9. The van der Waals surface area contributed by atoms with Gasteiger partial charge in [0.1, 0.15) is 13.2 Å². The molecule has 0 heterocycles. The van der Waals surface area contributed by atoms with Crippen LogP contribution in [0.5, 0.6) is 17.2 Å². The molecule has 7 heteroatoms. The van der Waals surface area contributed by atoms with Crippen LogP contribution in [0.25, 0.3) is 0 Å². The predicted octanol–water partition coefficient (Wildman–Crippen LogP) is 0.967. The molecule has 140 valence electrons. The van der Waals surface area contributed by atoms with Gasteiger partial charge in [0.25, 0.3) is 0 Å². The molecule has 7 nitrogen and oxygen atoms in total. The van der Waals surface area contributed by atoms with E-state index in [-0.39, 0.29) is 40.5 Å². The molecule has 0 spiro atoms. The van der Waals surface area contributed by atoms with Gasteiger partial charge in [0.05, 0.1) is 44.6 Å². The number of carbonyl (C=O) groups excluding carboxylic acids is 1. The molecule has 0 aliphatic rings. The van der Waals surface area contributed by atoms with E-state index in [1.807, 2.05) is 6.92 Å². The van der Waals surface area contributed by atoms with Crippen molar-refractivity contribution in [2.45, 2.75) is 13.3 Å². The first-order valence-corrected chi connectivity index (χ1v) is 7.83. The van der Waals surface area contributed by atoms with Crippen LogP contribution in [0.4, 0.5) is 0 Å². The van der Waals surface area contributed by atoms with Gasteiger partial charge in [0, 0.05) is 0 Å². The predicted molar refractivity (Wildman–Crippen MR) is 94.6 cm³/mol. The van der Waals surface area contributed by atoms with Crippen LogP contribution in [-0.4, -0.2) is 57.3 Å². The van der Waals surface area contributed by atoms with Crippen molar-refractivity contribution >= 4 is 5.97 Å². The number of esters is 1. The van der Waals surface area contributed by atoms with E-state index in [9.17, 15) is 4.79 Å². The fourth-order valence-corrected chi connectivity index (χ4v) is 2.22. The van der Waals surface area contributed by atoms with Crippen molar-refractivity contribution in [2.75, 3.05) is 41.2 Å². The number of rotatable bonds is 6. The standard InChI is InChI=1S/C19H22O7/c1-5-12-26-19(22)15-13(8-6-10-20)16(23-2)18(25-4)17(24-3)14(15)9-7-11-21/h20-21H,5,10-12H2,1-4H3. The third-order valence-corrected chi connectivity index (χ3v) is 3.21. The fourth-order valence-electron chi connectivity index (χ4n) is 2.22. The van der Waals surface area contributed by atoms with Crippen molar-refractivity contribution in [1.82, 2.24) is 0 Å². The highest BCUT2D eigenvalue weighted by molar-refractivity contribution is 5.98. The molecular formula is C19H22O7. The lowest BCUT2D eigenvalue weighted by Crippen LogP contribution is -2.14. The normalized spacial score (nSPS) is 9.31. The number of hydrogen-bond acceptors (Lipinski definition) is 7. The van der Waals surface area contributed by atoms with Gasteiger partial charge in [-0.3, -0.25) is 0 Å². The van der Waals surface area contributed by atoms with Gasteiger partial charge >= 0.3 is 5.97 Å². The summed E-state index contributed by atoms with van der Waals surface area (Å²) in [6.45, 7) is 1.23. The number of benzene rings is 1. The van der Waals surface area contributed by atoms with E-state index in [1.54, 1.807) is 0 Å². The Bertz CT molecular complexity index is 709. The summed E-state index contributed by atoms with van der Waals surface area (Å²) in [6, 6.07) is 0. The molecule has 0 aromatic heterocycles. The molecule has 0 radical (unpaired) electrons. The van der Waals surface area contributed by atoms with Crippen molar-refractivity contribution in [2.24, 2.45) is 0 Å². The molecule has 0 unspecified atom stereocenters. The van der Waals surface area contributed by atoms with Gasteiger partial charge in [-0.05, 0) is 6.42 Å². The lowest BCUT2D eigenvalue weighted by atomic mass is 9.97. The van der Waals surface area contributed by atoms with E-state index in [0.717, 1.165) is 0 Å². The topological polar surface area (TPSA) is 94.5 Å². The fraction of sp³-hybridized carbons (Fsp3) is 0.421. The molecule has 0 aliphatic carbocycles. The number of carbonyl (C=O) groups is 1. The van der Waals surface area contributed by atoms with E-state index >= 15 is 0 Å². The van der Waals surface area contributed by atoms with Crippen molar-refractivity contribution in [3.63, 3.8) is 0 Å². The summed E-state index contributed by atoms with van der Waals surface area (Å²) in [6.07, 6.45) is 0.630. The molecule has 2 N–H and O–H groups in total. The molecular weight excluding hydrogens is 340 g/mol. The molecule has 1 aromatic rings. The molecule has 26 heavy (non-hydrogen) atoms. The lowest BCUT2D eigenvalue weighted by Gasteiger charge is -2.19. The summed E-state index contributed by atoms with van der Waals surface area (Å²) < 4.78 is 21.3. The zero-order chi connectivity index (χ0) is 19.5. The van der Waals surface area contributed by atoms with Gasteiger partial charge in [0.15, 0.2) is 11.5 Å². The van der Waals surface area contributed by atoms with Gasteiger partial charge < -0.3 is 29.2 Å². The van der Waals surface area contributed by atoms with Crippen molar-refractivity contribution in [1.29, 1.82) is 0 Å². The van der Waals surface area contributed by atoms with Crippen molar-refractivity contribution in [3.8, 4) is 40.9 Å². The van der Waals surface area contributed by atoms with Crippen LogP contribution in [0.1, 0.15) is 34.8 Å². The number of ether oxygens (including phenoxy) is 4. The second-order valence-corrected chi connectivity index (χ2v) is 4.78. The average molecular weight is 362 g/mol. The first kappa shape index (κ1) is 21.2. The highest BCUT2D eigenvalue weighted by Crippen LogP contribution is 2.45. The summed E-state index contributed by atoms with van der Waals surface area (Å²) >= 11 is 0. The summed E-state index contributed by atoms with van der Waals surface area (Å²) in [5.41, 5.74) is 0.333. The van der Waals surface area contributed by atoms with Crippen molar-refractivity contribution in [3.05, 3.63) is 16.7 Å². The Morgan fingerprint density at radius 2 is 1.35 bits per heavy atom. The Morgan fingerprint density at radius 3 is 1.69 bits per heavy atom. The molecule has 0 saturated heterocycles. The Hall–Kier alpha value is -2.87. The van der Waals surface area contributed by atoms with Gasteiger partial charge in [-0.15, -0.1) is 0 Å². The molecule has 0 atom stereocenters. The monoisotopic (exact) mass is 362 g/mol. The maximum absolute atomic E-state index is 12.7. The van der Waals surface area contributed by atoms with E-state index in [2.05, 4.69) is 23.7 Å². The van der Waals surface area contributed by atoms with Crippen molar-refractivity contribution < 1.29 is 34.0 Å². The number of methoxy groups -OCH3 is 3. The summed E-state index contributed by atoms with van der Waals surface area (Å²) in [4.78, 5) is 12.7. The smallest absolute Gasteiger partial charge is 0.340 e. The van der Waals surface area contributed by atoms with Crippen LogP contribution in [-0.2, 0) is 4.74 Å². The maximum Gasteiger partial charge on any atom is 0.340 e. The molecule has 0 aliphatic heterocycles. The molecule has 0 amide bonds. The first-order chi connectivity index (χ1) is 12.6. The molecule has 0 bridgehead atoms. The molecule has 0 fully saturated rings. The Balaban J connectivity index is 3.96. The summed E-state index contributed by atoms with van der Waals surface area (Å²) in [7, 11) is 4.19. The van der Waals surface area contributed by atoms with Crippen LogP contribution in [0.15, 0.2) is 0 Å². The first-order valence-electron chi connectivity index (χ1n) is 7.83. The van der Waals surface area contributed by atoms with Crippen LogP contribution in [0.2, 0.25) is 0 Å². The minimum atomic E-state index is -0.671. The third kappa shape index (κ3) is 4.60. The van der Waals surface area contributed by atoms with Gasteiger partial charge in [0.2, 0.25) is 5.75 Å². The van der Waals surface area contributed by atoms with E-state index in [1.165, 1.54) is 21.3 Å². The van der Waals surface area contributed by atoms with E-state index in [0.29, 0.717) is 6.42 Å².